The Morgan fingerprint density at radius 2 is 2.04 bits per heavy atom. The van der Waals surface area contributed by atoms with Crippen LogP contribution in [0.4, 0.5) is 0 Å². The predicted molar refractivity (Wildman–Crippen MR) is 93.1 cm³/mol. The topological polar surface area (TPSA) is 75.4 Å². The molecule has 0 spiro atoms. The van der Waals surface area contributed by atoms with E-state index in [1.807, 2.05) is 30.3 Å². The summed E-state index contributed by atoms with van der Waals surface area (Å²) in [4.78, 5) is 26.7. The summed E-state index contributed by atoms with van der Waals surface area (Å²) in [5, 5.41) is 6.81. The Bertz CT molecular complexity index is 735. The second kappa shape index (κ2) is 7.51. The molecule has 132 valence electrons. The Balaban J connectivity index is 1.50. The van der Waals surface area contributed by atoms with Gasteiger partial charge < -0.3 is 14.7 Å². The van der Waals surface area contributed by atoms with Gasteiger partial charge in [-0.1, -0.05) is 35.5 Å². The molecule has 1 atom stereocenters. The number of likely N-dealkylation sites (tertiary alicyclic amines) is 1. The molecule has 1 saturated heterocycles. The SMILES string of the molecule is Cc1noc(C)c1C(=O)N1CC[C@H](C(=O)NCCc2ccccc2)C1. The number of amides is 2. The zero-order valence-electron chi connectivity index (χ0n) is 14.6. The zero-order valence-corrected chi connectivity index (χ0v) is 14.6. The van der Waals surface area contributed by atoms with Crippen molar-refractivity contribution in [2.45, 2.75) is 26.7 Å². The maximum Gasteiger partial charge on any atom is 0.259 e. The lowest BCUT2D eigenvalue weighted by Gasteiger charge is -2.16. The fourth-order valence-corrected chi connectivity index (χ4v) is 3.22. The van der Waals surface area contributed by atoms with Gasteiger partial charge in [0.25, 0.3) is 5.91 Å². The summed E-state index contributed by atoms with van der Waals surface area (Å²) in [6.07, 6.45) is 1.49. The molecule has 6 nitrogen and oxygen atoms in total. The number of carbonyl (C=O) groups excluding carboxylic acids is 2. The van der Waals surface area contributed by atoms with E-state index in [-0.39, 0.29) is 17.7 Å². The summed E-state index contributed by atoms with van der Waals surface area (Å²) >= 11 is 0. The highest BCUT2D eigenvalue weighted by Crippen LogP contribution is 2.22. The van der Waals surface area contributed by atoms with E-state index < -0.39 is 0 Å². The molecule has 0 unspecified atom stereocenters. The first-order chi connectivity index (χ1) is 12.1. The number of benzene rings is 1. The molecule has 1 fully saturated rings. The van der Waals surface area contributed by atoms with E-state index >= 15 is 0 Å². The van der Waals surface area contributed by atoms with Crippen LogP contribution in [0.5, 0.6) is 0 Å². The van der Waals surface area contributed by atoms with Crippen LogP contribution in [0.3, 0.4) is 0 Å². The molecule has 3 rings (SSSR count). The van der Waals surface area contributed by atoms with E-state index in [0.29, 0.717) is 43.1 Å². The third-order valence-corrected chi connectivity index (χ3v) is 4.65. The van der Waals surface area contributed by atoms with Crippen molar-refractivity contribution in [2.75, 3.05) is 19.6 Å². The summed E-state index contributed by atoms with van der Waals surface area (Å²) in [6.45, 7) is 5.13. The van der Waals surface area contributed by atoms with Crippen LogP contribution in [-0.4, -0.2) is 41.5 Å². The monoisotopic (exact) mass is 341 g/mol. The van der Waals surface area contributed by atoms with Gasteiger partial charge in [0.05, 0.1) is 11.6 Å². The normalized spacial score (nSPS) is 16.9. The number of aryl methyl sites for hydroxylation is 2. The number of hydrogen-bond donors (Lipinski definition) is 1. The molecular weight excluding hydrogens is 318 g/mol. The standard InChI is InChI=1S/C19H23N3O3/c1-13-17(14(2)25-21-13)19(24)22-11-9-16(12-22)18(23)20-10-8-15-6-4-3-5-7-15/h3-7,16H,8-12H2,1-2H3,(H,20,23)/t16-/m0/s1. The lowest BCUT2D eigenvalue weighted by molar-refractivity contribution is -0.124. The number of nitrogens with one attached hydrogen (secondary N) is 1. The van der Waals surface area contributed by atoms with Crippen LogP contribution < -0.4 is 5.32 Å². The van der Waals surface area contributed by atoms with Crippen molar-refractivity contribution >= 4 is 11.8 Å². The fraction of sp³-hybridized carbons (Fsp3) is 0.421. The van der Waals surface area contributed by atoms with Crippen LogP contribution in [0.1, 0.15) is 33.8 Å². The van der Waals surface area contributed by atoms with Gasteiger partial charge in [-0.2, -0.15) is 0 Å². The van der Waals surface area contributed by atoms with Crippen LogP contribution >= 0.6 is 0 Å². The van der Waals surface area contributed by atoms with Gasteiger partial charge in [0.2, 0.25) is 5.91 Å². The molecule has 1 aromatic carbocycles. The van der Waals surface area contributed by atoms with Crippen LogP contribution in [0.25, 0.3) is 0 Å². The maximum absolute atomic E-state index is 12.6. The molecule has 0 saturated carbocycles. The van der Waals surface area contributed by atoms with Crippen LogP contribution in [0, 0.1) is 19.8 Å². The molecule has 1 aliphatic rings. The van der Waals surface area contributed by atoms with E-state index in [2.05, 4.69) is 10.5 Å². The molecule has 2 heterocycles. The van der Waals surface area contributed by atoms with E-state index in [1.54, 1.807) is 18.7 Å². The third kappa shape index (κ3) is 3.90. The van der Waals surface area contributed by atoms with Gasteiger partial charge >= 0.3 is 0 Å². The lowest BCUT2D eigenvalue weighted by Crippen LogP contribution is -2.35. The van der Waals surface area contributed by atoms with Crippen molar-refractivity contribution in [3.05, 3.63) is 52.9 Å². The van der Waals surface area contributed by atoms with Crippen LogP contribution in [0.2, 0.25) is 0 Å². The Kier molecular flexibility index (Phi) is 5.16. The Morgan fingerprint density at radius 1 is 1.28 bits per heavy atom. The van der Waals surface area contributed by atoms with Crippen molar-refractivity contribution in [1.82, 2.24) is 15.4 Å². The molecule has 2 amide bonds. The van der Waals surface area contributed by atoms with Gasteiger partial charge in [0.15, 0.2) is 0 Å². The van der Waals surface area contributed by atoms with E-state index in [1.165, 1.54) is 5.56 Å². The average molecular weight is 341 g/mol. The molecule has 1 aliphatic heterocycles. The second-order valence-electron chi connectivity index (χ2n) is 6.46. The van der Waals surface area contributed by atoms with Gasteiger partial charge in [-0.15, -0.1) is 0 Å². The quantitative estimate of drug-likeness (QED) is 0.904. The highest BCUT2D eigenvalue weighted by atomic mass is 16.5. The molecular formula is C19H23N3O3. The summed E-state index contributed by atoms with van der Waals surface area (Å²) in [5.41, 5.74) is 2.31. The minimum absolute atomic E-state index is 0.0185. The smallest absolute Gasteiger partial charge is 0.259 e. The van der Waals surface area contributed by atoms with Crippen LogP contribution in [-0.2, 0) is 11.2 Å². The predicted octanol–water partition coefficient (Wildman–Crippen LogP) is 2.11. The minimum atomic E-state index is -0.153. The molecule has 0 aliphatic carbocycles. The molecule has 1 aromatic heterocycles. The molecule has 0 radical (unpaired) electrons. The Hall–Kier alpha value is -2.63. The van der Waals surface area contributed by atoms with Crippen molar-refractivity contribution in [3.63, 3.8) is 0 Å². The highest BCUT2D eigenvalue weighted by Gasteiger charge is 2.33. The number of hydrogen-bond acceptors (Lipinski definition) is 4. The number of rotatable bonds is 5. The summed E-state index contributed by atoms with van der Waals surface area (Å²) in [5.74, 6) is 0.291. The maximum atomic E-state index is 12.6. The van der Waals surface area contributed by atoms with Crippen LogP contribution in [0.15, 0.2) is 34.9 Å². The lowest BCUT2D eigenvalue weighted by atomic mass is 10.1. The van der Waals surface area contributed by atoms with Gasteiger partial charge in [-0.05, 0) is 32.3 Å². The summed E-state index contributed by atoms with van der Waals surface area (Å²) < 4.78 is 5.07. The summed E-state index contributed by atoms with van der Waals surface area (Å²) in [6, 6.07) is 10.1. The minimum Gasteiger partial charge on any atom is -0.361 e. The number of nitrogens with zero attached hydrogens (tertiary/aromatic N) is 2. The first-order valence-electron chi connectivity index (χ1n) is 8.60. The molecule has 2 aromatic rings. The first-order valence-corrected chi connectivity index (χ1v) is 8.60. The van der Waals surface area contributed by atoms with Crippen molar-refractivity contribution < 1.29 is 14.1 Å². The molecule has 6 heteroatoms. The Labute approximate surface area is 147 Å². The van der Waals surface area contributed by atoms with Gasteiger partial charge in [0.1, 0.15) is 11.3 Å². The second-order valence-corrected chi connectivity index (χ2v) is 6.46. The van der Waals surface area contributed by atoms with Crippen molar-refractivity contribution in [2.24, 2.45) is 5.92 Å². The van der Waals surface area contributed by atoms with Gasteiger partial charge in [0, 0.05) is 19.6 Å². The van der Waals surface area contributed by atoms with E-state index in [0.717, 1.165) is 6.42 Å². The highest BCUT2D eigenvalue weighted by molar-refractivity contribution is 5.96. The fourth-order valence-electron chi connectivity index (χ4n) is 3.22. The van der Waals surface area contributed by atoms with Crippen molar-refractivity contribution in [3.8, 4) is 0 Å². The Morgan fingerprint density at radius 3 is 2.72 bits per heavy atom. The van der Waals surface area contributed by atoms with Crippen molar-refractivity contribution in [1.29, 1.82) is 0 Å². The molecule has 0 bridgehead atoms. The number of carbonyl (C=O) groups is 2. The summed E-state index contributed by atoms with van der Waals surface area (Å²) in [7, 11) is 0. The first kappa shape index (κ1) is 17.2. The van der Waals surface area contributed by atoms with E-state index in [4.69, 9.17) is 4.52 Å². The molecule has 1 N–H and O–H groups in total. The number of aromatic nitrogens is 1. The largest absolute Gasteiger partial charge is 0.361 e. The van der Waals surface area contributed by atoms with Gasteiger partial charge in [-0.3, -0.25) is 9.59 Å². The van der Waals surface area contributed by atoms with Gasteiger partial charge in [-0.25, -0.2) is 0 Å². The van der Waals surface area contributed by atoms with E-state index in [9.17, 15) is 9.59 Å². The molecule has 25 heavy (non-hydrogen) atoms. The third-order valence-electron chi connectivity index (χ3n) is 4.65. The average Bonchev–Trinajstić information content (AvgIpc) is 3.23. The zero-order chi connectivity index (χ0) is 17.8.